The summed E-state index contributed by atoms with van der Waals surface area (Å²) in [5.41, 5.74) is 2.00. The topological polar surface area (TPSA) is 64.6 Å². The quantitative estimate of drug-likeness (QED) is 0.800. The lowest BCUT2D eigenvalue weighted by molar-refractivity contribution is -0.120. The van der Waals surface area contributed by atoms with E-state index >= 15 is 0 Å². The zero-order chi connectivity index (χ0) is 18.6. The fourth-order valence-corrected chi connectivity index (χ4v) is 3.77. The molecule has 0 unspecified atom stereocenters. The molecule has 0 spiro atoms. The predicted octanol–water partition coefficient (Wildman–Crippen LogP) is 4.36. The van der Waals surface area contributed by atoms with E-state index in [1.807, 2.05) is 30.3 Å². The van der Waals surface area contributed by atoms with Gasteiger partial charge in [-0.1, -0.05) is 37.5 Å². The van der Waals surface area contributed by atoms with Crippen molar-refractivity contribution in [2.75, 3.05) is 12.1 Å². The van der Waals surface area contributed by atoms with Crippen LogP contribution in [0.25, 0.3) is 0 Å². The summed E-state index contributed by atoms with van der Waals surface area (Å²) in [6, 6.07) is 12.8. The van der Waals surface area contributed by atoms with E-state index in [1.54, 1.807) is 12.1 Å². The Morgan fingerprint density at radius 3 is 2.59 bits per heavy atom. The minimum atomic E-state index is -0.0339. The number of amides is 1. The van der Waals surface area contributed by atoms with E-state index in [2.05, 4.69) is 5.32 Å². The number of carbonyl (C=O) groups excluding carboxylic acids is 2. The van der Waals surface area contributed by atoms with Crippen LogP contribution in [-0.2, 0) is 11.2 Å². The van der Waals surface area contributed by atoms with Crippen molar-refractivity contribution in [1.29, 1.82) is 0 Å². The van der Waals surface area contributed by atoms with Crippen LogP contribution in [0.3, 0.4) is 0 Å². The maximum atomic E-state index is 12.9. The molecule has 5 nitrogen and oxygen atoms in total. The molecule has 2 aromatic rings. The van der Waals surface area contributed by atoms with Gasteiger partial charge in [0.05, 0.1) is 5.69 Å². The first-order valence-corrected chi connectivity index (χ1v) is 9.52. The van der Waals surface area contributed by atoms with Gasteiger partial charge in [-0.15, -0.1) is 0 Å². The summed E-state index contributed by atoms with van der Waals surface area (Å²) in [6.45, 7) is 0.211. The summed E-state index contributed by atoms with van der Waals surface area (Å²) in [7, 11) is 0. The van der Waals surface area contributed by atoms with Crippen LogP contribution >= 0.6 is 0 Å². The molecule has 1 N–H and O–H groups in total. The summed E-state index contributed by atoms with van der Waals surface area (Å²) in [6.07, 6.45) is 5.51. The largest absolute Gasteiger partial charge is 0.454 e. The van der Waals surface area contributed by atoms with Gasteiger partial charge in [-0.3, -0.25) is 9.59 Å². The van der Waals surface area contributed by atoms with Crippen molar-refractivity contribution in [1.82, 2.24) is 0 Å². The molecular weight excluding hydrogens is 342 g/mol. The van der Waals surface area contributed by atoms with E-state index < -0.39 is 0 Å². The highest BCUT2D eigenvalue weighted by Crippen LogP contribution is 2.33. The summed E-state index contributed by atoms with van der Waals surface area (Å²) in [5.74, 6) is 1.41. The second kappa shape index (κ2) is 7.82. The highest BCUT2D eigenvalue weighted by Gasteiger charge is 2.23. The van der Waals surface area contributed by atoms with Gasteiger partial charge >= 0.3 is 0 Å². The van der Waals surface area contributed by atoms with Crippen LogP contribution in [0.4, 0.5) is 5.69 Å². The van der Waals surface area contributed by atoms with Crippen molar-refractivity contribution in [3.8, 4) is 11.5 Å². The third-order valence-corrected chi connectivity index (χ3v) is 5.26. The van der Waals surface area contributed by atoms with Crippen molar-refractivity contribution < 1.29 is 19.1 Å². The normalized spacial score (nSPS) is 16.1. The van der Waals surface area contributed by atoms with Gasteiger partial charge in [-0.2, -0.15) is 0 Å². The molecule has 0 aromatic heterocycles. The molecule has 140 valence electrons. The lowest BCUT2D eigenvalue weighted by atomic mass is 9.88. The van der Waals surface area contributed by atoms with E-state index in [1.165, 1.54) is 6.42 Å². The molecule has 5 heteroatoms. The lowest BCUT2D eigenvalue weighted by Gasteiger charge is -2.21. The maximum absolute atomic E-state index is 12.9. The number of ether oxygens (including phenoxy) is 2. The molecule has 1 fully saturated rings. The van der Waals surface area contributed by atoms with Crippen LogP contribution < -0.4 is 14.8 Å². The van der Waals surface area contributed by atoms with Gasteiger partial charge in [0.2, 0.25) is 12.7 Å². The van der Waals surface area contributed by atoms with Crippen LogP contribution in [0.1, 0.15) is 48.0 Å². The Kier molecular flexibility index (Phi) is 5.10. The van der Waals surface area contributed by atoms with Gasteiger partial charge in [0, 0.05) is 17.9 Å². The average molecular weight is 365 g/mol. The molecule has 0 saturated heterocycles. The van der Waals surface area contributed by atoms with Gasteiger partial charge in [-0.05, 0) is 42.7 Å². The van der Waals surface area contributed by atoms with Gasteiger partial charge in [-0.25, -0.2) is 0 Å². The van der Waals surface area contributed by atoms with Crippen LogP contribution in [0, 0.1) is 5.92 Å². The zero-order valence-corrected chi connectivity index (χ0v) is 15.2. The maximum Gasteiger partial charge on any atom is 0.231 e. The summed E-state index contributed by atoms with van der Waals surface area (Å²) in [4.78, 5) is 25.4. The van der Waals surface area contributed by atoms with Crippen molar-refractivity contribution in [3.63, 3.8) is 0 Å². The van der Waals surface area contributed by atoms with Gasteiger partial charge in [0.25, 0.3) is 0 Å². The zero-order valence-electron chi connectivity index (χ0n) is 15.2. The smallest absolute Gasteiger partial charge is 0.231 e. The Hall–Kier alpha value is -2.82. The van der Waals surface area contributed by atoms with Gasteiger partial charge in [0.1, 0.15) is 0 Å². The number of fused-ring (bicyclic) bond motifs is 1. The molecule has 1 heterocycles. The van der Waals surface area contributed by atoms with Gasteiger partial charge < -0.3 is 14.8 Å². The van der Waals surface area contributed by atoms with Crippen molar-refractivity contribution in [2.24, 2.45) is 5.92 Å². The van der Waals surface area contributed by atoms with Crippen LogP contribution in [-0.4, -0.2) is 18.5 Å². The second-order valence-corrected chi connectivity index (χ2v) is 7.16. The SMILES string of the molecule is O=C(Cc1ccc2c(c1)OCO2)c1ccccc1NC(=O)C1CCCCC1. The first-order valence-electron chi connectivity index (χ1n) is 9.52. The highest BCUT2D eigenvalue weighted by atomic mass is 16.7. The van der Waals surface area contributed by atoms with Crippen molar-refractivity contribution in [3.05, 3.63) is 53.6 Å². The number of nitrogens with one attached hydrogen (secondary N) is 1. The predicted molar refractivity (Wildman–Crippen MR) is 102 cm³/mol. The van der Waals surface area contributed by atoms with Gasteiger partial charge in [0.15, 0.2) is 17.3 Å². The van der Waals surface area contributed by atoms with E-state index in [-0.39, 0.29) is 30.8 Å². The number of hydrogen-bond acceptors (Lipinski definition) is 4. The molecule has 1 aliphatic carbocycles. The van der Waals surface area contributed by atoms with Crippen LogP contribution in [0.2, 0.25) is 0 Å². The molecule has 0 atom stereocenters. The first kappa shape index (κ1) is 17.6. The number of benzene rings is 2. The molecule has 0 radical (unpaired) electrons. The van der Waals surface area contributed by atoms with Crippen LogP contribution in [0.15, 0.2) is 42.5 Å². The van der Waals surface area contributed by atoms with Crippen molar-refractivity contribution in [2.45, 2.75) is 38.5 Å². The molecule has 1 saturated carbocycles. The molecule has 0 bridgehead atoms. The minimum Gasteiger partial charge on any atom is -0.454 e. The Morgan fingerprint density at radius 1 is 0.963 bits per heavy atom. The van der Waals surface area contributed by atoms with E-state index in [9.17, 15) is 9.59 Å². The average Bonchev–Trinajstić information content (AvgIpc) is 3.17. The number of rotatable bonds is 5. The minimum absolute atomic E-state index is 0.0260. The molecule has 1 amide bonds. The van der Waals surface area contributed by atoms with Crippen molar-refractivity contribution >= 4 is 17.4 Å². The van der Waals surface area contributed by atoms with E-state index in [0.29, 0.717) is 22.7 Å². The molecule has 2 aromatic carbocycles. The number of hydrogen-bond donors (Lipinski definition) is 1. The third-order valence-electron chi connectivity index (χ3n) is 5.26. The first-order chi connectivity index (χ1) is 13.2. The Balaban J connectivity index is 1.48. The molecule has 2 aliphatic rings. The fraction of sp³-hybridized carbons (Fsp3) is 0.364. The summed E-state index contributed by atoms with van der Waals surface area (Å²) >= 11 is 0. The number of anilines is 1. The fourth-order valence-electron chi connectivity index (χ4n) is 3.77. The Labute approximate surface area is 158 Å². The summed E-state index contributed by atoms with van der Waals surface area (Å²) < 4.78 is 10.7. The number of Topliss-reactive ketones (excluding diaryl/α,β-unsaturated/α-hetero) is 1. The standard InChI is InChI=1S/C22H23NO4/c24-19(12-15-10-11-20-21(13-15)27-14-26-20)17-8-4-5-9-18(17)23-22(25)16-6-2-1-3-7-16/h4-5,8-11,13,16H,1-3,6-7,12,14H2,(H,23,25). The molecule has 4 rings (SSSR count). The number of carbonyl (C=O) groups is 2. The van der Waals surface area contributed by atoms with E-state index in [0.717, 1.165) is 31.2 Å². The molecule has 1 aliphatic heterocycles. The Morgan fingerprint density at radius 2 is 1.74 bits per heavy atom. The lowest BCUT2D eigenvalue weighted by Crippen LogP contribution is -2.25. The summed E-state index contributed by atoms with van der Waals surface area (Å²) in [5, 5.41) is 2.98. The Bertz CT molecular complexity index is 855. The molecule has 27 heavy (non-hydrogen) atoms. The van der Waals surface area contributed by atoms with E-state index in [4.69, 9.17) is 9.47 Å². The second-order valence-electron chi connectivity index (χ2n) is 7.16. The van der Waals surface area contributed by atoms with Crippen LogP contribution in [0.5, 0.6) is 11.5 Å². The number of ketones is 1. The molecular formula is C22H23NO4. The number of para-hydroxylation sites is 1. The highest BCUT2D eigenvalue weighted by molar-refractivity contribution is 6.06. The monoisotopic (exact) mass is 365 g/mol. The third kappa shape index (κ3) is 3.97.